The highest BCUT2D eigenvalue weighted by atomic mass is 35.5. The standard InChI is InChI=1S/C22H27ClFN9O2/c1-22(2)10-12(7-13-5-4-6-32(13)22)26-19-14(23)11-25-20(28-19)27-16-9-17(18(34)8-15(16)24)33-21(35)31(3)29-30-33/h8-9,11-13,34H,4-7,10H2,1-3H3,(H2,25,26,27,28)/t12-,13+/m1/s1. The van der Waals surface area contributed by atoms with E-state index in [1.165, 1.54) is 32.2 Å². The summed E-state index contributed by atoms with van der Waals surface area (Å²) < 4.78 is 16.5. The quantitative estimate of drug-likeness (QED) is 0.450. The topological polar surface area (TPSA) is 126 Å². The minimum Gasteiger partial charge on any atom is -0.506 e. The van der Waals surface area contributed by atoms with Crippen LogP contribution in [0.4, 0.5) is 21.8 Å². The van der Waals surface area contributed by atoms with E-state index in [0.29, 0.717) is 16.9 Å². The summed E-state index contributed by atoms with van der Waals surface area (Å²) in [6.07, 6.45) is 5.78. The van der Waals surface area contributed by atoms with Gasteiger partial charge < -0.3 is 15.7 Å². The predicted molar refractivity (Wildman–Crippen MR) is 129 cm³/mol. The van der Waals surface area contributed by atoms with Gasteiger partial charge in [-0.1, -0.05) is 11.6 Å². The van der Waals surface area contributed by atoms with Crippen LogP contribution in [0.3, 0.4) is 0 Å². The summed E-state index contributed by atoms with van der Waals surface area (Å²) in [5.41, 5.74) is -0.612. The Balaban J connectivity index is 1.39. The molecule has 11 nitrogen and oxygen atoms in total. The zero-order valence-corrected chi connectivity index (χ0v) is 20.4. The van der Waals surface area contributed by atoms with Crippen LogP contribution in [0.15, 0.2) is 23.1 Å². The Hall–Kier alpha value is -3.25. The van der Waals surface area contributed by atoms with Crippen LogP contribution in [0.25, 0.3) is 5.69 Å². The molecule has 13 heteroatoms. The number of hydrogen-bond donors (Lipinski definition) is 3. The molecule has 5 rings (SSSR count). The molecule has 0 radical (unpaired) electrons. The Morgan fingerprint density at radius 3 is 2.83 bits per heavy atom. The molecule has 2 saturated heterocycles. The SMILES string of the molecule is Cn1nnn(-c2cc(Nc3ncc(Cl)c(N[C@@H]4C[C@@H]5CCCN5C(C)(C)C4)n3)c(F)cc2O)c1=O. The van der Waals surface area contributed by atoms with E-state index in [-0.39, 0.29) is 28.9 Å². The number of fused-ring (bicyclic) bond motifs is 1. The molecule has 2 atom stereocenters. The molecule has 2 aromatic heterocycles. The molecule has 4 heterocycles. The molecule has 1 aromatic carbocycles. The number of nitrogens with one attached hydrogen (secondary N) is 2. The van der Waals surface area contributed by atoms with Crippen LogP contribution in [0, 0.1) is 5.82 Å². The van der Waals surface area contributed by atoms with Gasteiger partial charge >= 0.3 is 5.69 Å². The molecule has 2 aliphatic rings. The number of hydrogen-bond acceptors (Lipinski definition) is 9. The minimum absolute atomic E-state index is 0.0372. The van der Waals surface area contributed by atoms with Crippen LogP contribution < -0.4 is 16.3 Å². The highest BCUT2D eigenvalue weighted by molar-refractivity contribution is 6.32. The van der Waals surface area contributed by atoms with Crippen molar-refractivity contribution in [2.24, 2.45) is 7.05 Å². The third kappa shape index (κ3) is 4.43. The summed E-state index contributed by atoms with van der Waals surface area (Å²) in [6, 6.07) is 2.84. The Bertz CT molecular complexity index is 1320. The second-order valence-corrected chi connectivity index (χ2v) is 10.1. The lowest BCUT2D eigenvalue weighted by Crippen LogP contribution is -2.55. The lowest BCUT2D eigenvalue weighted by atomic mass is 9.84. The van der Waals surface area contributed by atoms with E-state index in [9.17, 15) is 14.3 Å². The zero-order chi connectivity index (χ0) is 24.9. The fraction of sp³-hybridized carbons (Fsp3) is 0.500. The van der Waals surface area contributed by atoms with Gasteiger partial charge in [-0.3, -0.25) is 4.90 Å². The van der Waals surface area contributed by atoms with Crippen molar-refractivity contribution in [2.45, 2.75) is 57.2 Å². The second kappa shape index (κ2) is 8.76. The maximum absolute atomic E-state index is 14.6. The molecule has 0 aliphatic carbocycles. The number of phenolic OH excluding ortho intramolecular Hbond substituents is 1. The van der Waals surface area contributed by atoms with Crippen LogP contribution in [-0.4, -0.2) is 63.9 Å². The van der Waals surface area contributed by atoms with Gasteiger partial charge in [0.2, 0.25) is 5.95 Å². The molecule has 35 heavy (non-hydrogen) atoms. The van der Waals surface area contributed by atoms with Gasteiger partial charge in [0, 0.05) is 30.7 Å². The molecule has 0 spiro atoms. The van der Waals surface area contributed by atoms with E-state index < -0.39 is 17.3 Å². The first kappa shape index (κ1) is 23.5. The first-order valence-electron chi connectivity index (χ1n) is 11.5. The van der Waals surface area contributed by atoms with Gasteiger partial charge in [0.15, 0.2) is 11.6 Å². The van der Waals surface area contributed by atoms with Gasteiger partial charge in [0.25, 0.3) is 0 Å². The Morgan fingerprint density at radius 2 is 2.09 bits per heavy atom. The van der Waals surface area contributed by atoms with Crippen molar-refractivity contribution < 1.29 is 9.50 Å². The third-order valence-corrected chi connectivity index (χ3v) is 7.08. The number of tetrazole rings is 1. The minimum atomic E-state index is -0.758. The molecular formula is C22H27ClFN9O2. The van der Waals surface area contributed by atoms with E-state index >= 15 is 0 Å². The number of piperidine rings is 1. The number of halogens is 2. The maximum Gasteiger partial charge on any atom is 0.368 e. The Labute approximate surface area is 205 Å². The lowest BCUT2D eigenvalue weighted by Gasteiger charge is -2.47. The number of benzene rings is 1. The summed E-state index contributed by atoms with van der Waals surface area (Å²) in [4.78, 5) is 23.4. The average Bonchev–Trinajstić information content (AvgIpc) is 3.40. The number of aryl methyl sites for hydroxylation is 1. The van der Waals surface area contributed by atoms with E-state index in [1.807, 2.05) is 0 Å². The summed E-state index contributed by atoms with van der Waals surface area (Å²) >= 11 is 6.39. The van der Waals surface area contributed by atoms with Crippen LogP contribution in [-0.2, 0) is 7.05 Å². The van der Waals surface area contributed by atoms with Crippen molar-refractivity contribution in [2.75, 3.05) is 17.2 Å². The molecule has 186 valence electrons. The van der Waals surface area contributed by atoms with Gasteiger partial charge in [-0.2, -0.15) is 14.3 Å². The zero-order valence-electron chi connectivity index (χ0n) is 19.7. The largest absolute Gasteiger partial charge is 0.506 e. The fourth-order valence-corrected chi connectivity index (χ4v) is 5.39. The molecule has 2 fully saturated rings. The number of aromatic hydroxyl groups is 1. The third-order valence-electron chi connectivity index (χ3n) is 6.80. The normalized spacial score (nSPS) is 21.6. The molecule has 2 aliphatic heterocycles. The Morgan fingerprint density at radius 1 is 1.29 bits per heavy atom. The fourth-order valence-electron chi connectivity index (χ4n) is 5.24. The van der Waals surface area contributed by atoms with E-state index in [1.54, 1.807) is 0 Å². The highest BCUT2D eigenvalue weighted by Gasteiger charge is 2.43. The van der Waals surface area contributed by atoms with E-state index in [2.05, 4.69) is 49.8 Å². The molecular weight excluding hydrogens is 477 g/mol. The van der Waals surface area contributed by atoms with Crippen molar-refractivity contribution in [3.05, 3.63) is 39.7 Å². The van der Waals surface area contributed by atoms with Gasteiger partial charge in [0.1, 0.15) is 16.5 Å². The molecule has 3 aromatic rings. The smallest absolute Gasteiger partial charge is 0.368 e. The highest BCUT2D eigenvalue weighted by Crippen LogP contribution is 2.39. The number of aromatic nitrogens is 6. The lowest BCUT2D eigenvalue weighted by molar-refractivity contribution is 0.0501. The summed E-state index contributed by atoms with van der Waals surface area (Å²) in [5, 5.41) is 24.1. The van der Waals surface area contributed by atoms with Gasteiger partial charge in [-0.15, -0.1) is 0 Å². The van der Waals surface area contributed by atoms with Crippen molar-refractivity contribution in [1.29, 1.82) is 0 Å². The maximum atomic E-state index is 14.6. The van der Waals surface area contributed by atoms with Gasteiger partial charge in [0.05, 0.1) is 11.9 Å². The monoisotopic (exact) mass is 503 g/mol. The number of rotatable bonds is 5. The molecule has 0 bridgehead atoms. The molecule has 0 saturated carbocycles. The van der Waals surface area contributed by atoms with E-state index in [4.69, 9.17) is 11.6 Å². The molecule has 0 amide bonds. The van der Waals surface area contributed by atoms with Crippen molar-refractivity contribution in [1.82, 2.24) is 34.7 Å². The van der Waals surface area contributed by atoms with Crippen molar-refractivity contribution in [3.8, 4) is 11.4 Å². The number of anilines is 3. The summed E-state index contributed by atoms with van der Waals surface area (Å²) in [7, 11) is 1.42. The van der Waals surface area contributed by atoms with Gasteiger partial charge in [-0.05, 0) is 62.6 Å². The number of phenols is 1. The van der Waals surface area contributed by atoms with Crippen LogP contribution in [0.1, 0.15) is 39.5 Å². The average molecular weight is 504 g/mol. The second-order valence-electron chi connectivity index (χ2n) is 9.72. The molecule has 3 N–H and O–H groups in total. The van der Waals surface area contributed by atoms with Gasteiger partial charge in [-0.25, -0.2) is 14.2 Å². The van der Waals surface area contributed by atoms with Crippen molar-refractivity contribution in [3.63, 3.8) is 0 Å². The number of nitrogens with zero attached hydrogens (tertiary/aromatic N) is 7. The van der Waals surface area contributed by atoms with E-state index in [0.717, 1.165) is 34.8 Å². The predicted octanol–water partition coefficient (Wildman–Crippen LogP) is 2.82. The van der Waals surface area contributed by atoms with Crippen LogP contribution in [0.2, 0.25) is 5.02 Å². The summed E-state index contributed by atoms with van der Waals surface area (Å²) in [5.74, 6) is -0.653. The van der Waals surface area contributed by atoms with Crippen LogP contribution >= 0.6 is 11.6 Å². The first-order valence-corrected chi connectivity index (χ1v) is 11.8. The van der Waals surface area contributed by atoms with Crippen LogP contribution in [0.5, 0.6) is 5.75 Å². The molecule has 0 unspecified atom stereocenters. The summed E-state index contributed by atoms with van der Waals surface area (Å²) in [6.45, 7) is 5.66. The Kier molecular flexibility index (Phi) is 5.88. The first-order chi connectivity index (χ1) is 16.6. The van der Waals surface area contributed by atoms with Crippen molar-refractivity contribution >= 4 is 29.1 Å².